The summed E-state index contributed by atoms with van der Waals surface area (Å²) in [5.41, 5.74) is 7.74. The van der Waals surface area contributed by atoms with Crippen molar-refractivity contribution in [2.45, 2.75) is 38.9 Å². The average Bonchev–Trinajstić information content (AvgIpc) is 3.56. The van der Waals surface area contributed by atoms with Crippen LogP contribution in [-0.4, -0.2) is 22.7 Å². The molecule has 198 valence electrons. The van der Waals surface area contributed by atoms with Crippen LogP contribution in [0.4, 0.5) is 0 Å². The Kier molecular flexibility index (Phi) is 4.39. The molecule has 5 heteroatoms. The first-order valence-electron chi connectivity index (χ1n) is 14.3. The van der Waals surface area contributed by atoms with Gasteiger partial charge in [0.25, 0.3) is 0 Å². The Morgan fingerprint density at radius 3 is 2.12 bits per heavy atom. The van der Waals surface area contributed by atoms with Gasteiger partial charge in [0.05, 0.1) is 33.1 Å². The normalized spacial score (nSPS) is 16.9. The molecule has 9 rings (SSSR count). The fraction of sp³-hybridized carbons (Fsp3) is 0.167. The maximum Gasteiger partial charge on any atom is 0.495 e. The van der Waals surface area contributed by atoms with Crippen LogP contribution < -0.4 is 5.46 Å². The van der Waals surface area contributed by atoms with Crippen LogP contribution in [0.15, 0.2) is 101 Å². The summed E-state index contributed by atoms with van der Waals surface area (Å²) in [7, 11) is -0.464. The van der Waals surface area contributed by atoms with Crippen LogP contribution in [0.3, 0.4) is 0 Å². The summed E-state index contributed by atoms with van der Waals surface area (Å²) >= 11 is 0. The molecule has 0 amide bonds. The van der Waals surface area contributed by atoms with Crippen molar-refractivity contribution in [3.8, 4) is 11.1 Å². The fourth-order valence-electron chi connectivity index (χ4n) is 6.92. The average molecular weight is 533 g/mol. The first kappa shape index (κ1) is 23.4. The maximum atomic E-state index is 6.69. The van der Waals surface area contributed by atoms with Crippen LogP contribution in [0.2, 0.25) is 0 Å². The van der Waals surface area contributed by atoms with Gasteiger partial charge in [-0.2, -0.15) is 0 Å². The van der Waals surface area contributed by atoms with E-state index in [0.717, 1.165) is 49.6 Å². The molecule has 0 spiro atoms. The van der Waals surface area contributed by atoms with Crippen LogP contribution >= 0.6 is 0 Å². The summed E-state index contributed by atoms with van der Waals surface area (Å²) in [5, 5.41) is 7.03. The smallest absolute Gasteiger partial charge is 0.455 e. The van der Waals surface area contributed by atoms with Crippen molar-refractivity contribution in [1.29, 1.82) is 0 Å². The predicted octanol–water partition coefficient (Wildman–Crippen LogP) is 8.70. The first-order chi connectivity index (χ1) is 19.8. The number of hydrogen-bond donors (Lipinski definition) is 0. The lowest BCUT2D eigenvalue weighted by atomic mass is 9.76. The van der Waals surface area contributed by atoms with Crippen molar-refractivity contribution in [2.24, 2.45) is 0 Å². The summed E-state index contributed by atoms with van der Waals surface area (Å²) in [4.78, 5) is 0. The molecule has 0 aliphatic carbocycles. The number of rotatable bonds is 2. The summed E-state index contributed by atoms with van der Waals surface area (Å²) in [6, 6.07) is 34.5. The van der Waals surface area contributed by atoms with Gasteiger partial charge in [0.15, 0.2) is 0 Å². The summed E-state index contributed by atoms with van der Waals surface area (Å²) in [6.07, 6.45) is 0. The highest BCUT2D eigenvalue weighted by atomic mass is 16.7. The van der Waals surface area contributed by atoms with Crippen molar-refractivity contribution in [1.82, 2.24) is 4.40 Å². The lowest BCUT2D eigenvalue weighted by molar-refractivity contribution is 0.00578. The highest BCUT2D eigenvalue weighted by Crippen LogP contribution is 2.46. The Labute approximate surface area is 237 Å². The van der Waals surface area contributed by atoms with Gasteiger partial charge in [-0.3, -0.25) is 0 Å². The molecule has 1 aliphatic heterocycles. The Morgan fingerprint density at radius 2 is 1.32 bits per heavy atom. The van der Waals surface area contributed by atoms with Crippen LogP contribution in [0.25, 0.3) is 71.2 Å². The number of fused-ring (bicyclic) bond motifs is 5. The molecule has 0 N–H and O–H groups in total. The molecular weight excluding hydrogens is 505 g/mol. The number of hydrogen-bond acceptors (Lipinski definition) is 3. The van der Waals surface area contributed by atoms with Crippen molar-refractivity contribution in [3.05, 3.63) is 97.1 Å². The van der Waals surface area contributed by atoms with Crippen LogP contribution in [0.1, 0.15) is 27.7 Å². The summed E-state index contributed by atoms with van der Waals surface area (Å²) < 4.78 is 22.4. The zero-order valence-electron chi connectivity index (χ0n) is 23.5. The number of para-hydroxylation sites is 1. The molecule has 4 heterocycles. The van der Waals surface area contributed by atoms with E-state index in [1.54, 1.807) is 0 Å². The van der Waals surface area contributed by atoms with Gasteiger partial charge in [-0.05, 0) is 68.4 Å². The van der Waals surface area contributed by atoms with Gasteiger partial charge >= 0.3 is 7.12 Å². The molecule has 1 saturated heterocycles. The lowest BCUT2D eigenvalue weighted by Crippen LogP contribution is -2.41. The third-order valence-corrected chi connectivity index (χ3v) is 9.60. The van der Waals surface area contributed by atoms with Crippen LogP contribution in [0, 0.1) is 0 Å². The molecule has 0 unspecified atom stereocenters. The fourth-order valence-corrected chi connectivity index (χ4v) is 6.92. The number of furan rings is 1. The molecule has 3 aromatic heterocycles. The van der Waals surface area contributed by atoms with E-state index >= 15 is 0 Å². The van der Waals surface area contributed by atoms with E-state index in [4.69, 9.17) is 13.7 Å². The van der Waals surface area contributed by atoms with Crippen LogP contribution in [-0.2, 0) is 9.31 Å². The predicted molar refractivity (Wildman–Crippen MR) is 170 cm³/mol. The van der Waals surface area contributed by atoms with E-state index in [-0.39, 0.29) is 0 Å². The minimum absolute atomic E-state index is 0.427. The molecule has 0 bridgehead atoms. The minimum Gasteiger partial charge on any atom is -0.455 e. The molecule has 1 fully saturated rings. The molecular formula is C36H28BNO3. The van der Waals surface area contributed by atoms with Gasteiger partial charge in [-0.1, -0.05) is 72.8 Å². The van der Waals surface area contributed by atoms with Crippen molar-refractivity contribution >= 4 is 72.6 Å². The van der Waals surface area contributed by atoms with E-state index in [0.29, 0.717) is 0 Å². The highest BCUT2D eigenvalue weighted by Gasteiger charge is 2.52. The Morgan fingerprint density at radius 1 is 0.585 bits per heavy atom. The van der Waals surface area contributed by atoms with E-state index < -0.39 is 18.3 Å². The number of aromatic nitrogens is 1. The second-order valence-electron chi connectivity index (χ2n) is 12.3. The zero-order chi connectivity index (χ0) is 27.7. The Hall–Kier alpha value is -4.32. The summed E-state index contributed by atoms with van der Waals surface area (Å²) in [5.74, 6) is 0. The second-order valence-corrected chi connectivity index (χ2v) is 12.3. The molecule has 0 atom stereocenters. The van der Waals surface area contributed by atoms with E-state index in [9.17, 15) is 0 Å². The lowest BCUT2D eigenvalue weighted by Gasteiger charge is -2.32. The van der Waals surface area contributed by atoms with Gasteiger partial charge in [0.1, 0.15) is 11.2 Å². The van der Waals surface area contributed by atoms with E-state index in [1.807, 2.05) is 0 Å². The SMILES string of the molecule is CC1(C)OB(c2ccc3c4cccc5oc6c(-c7ccccc7)ccc(c6c54)n4c5ccccc5c2c34)OC1(C)C. The van der Waals surface area contributed by atoms with Gasteiger partial charge in [0.2, 0.25) is 0 Å². The van der Waals surface area contributed by atoms with Gasteiger partial charge < -0.3 is 18.1 Å². The standard InChI is InChI=1S/C36H28BNO3/c1-35(2)36(3,4)41-37(40-35)26-19-17-24-23-14-10-16-29-31(23)32-28(38-27-15-9-8-13-25(27)30(26)33(24)38)20-18-22(34(32)39-29)21-11-6-5-7-12-21/h5-20H,1-4H3. The molecule has 5 aromatic carbocycles. The third kappa shape index (κ3) is 2.92. The van der Waals surface area contributed by atoms with Gasteiger partial charge in [-0.15, -0.1) is 0 Å². The maximum absolute atomic E-state index is 6.69. The van der Waals surface area contributed by atoms with Crippen molar-refractivity contribution in [3.63, 3.8) is 0 Å². The van der Waals surface area contributed by atoms with Gasteiger partial charge in [0, 0.05) is 27.1 Å². The van der Waals surface area contributed by atoms with E-state index in [2.05, 4.69) is 129 Å². The van der Waals surface area contributed by atoms with Crippen molar-refractivity contribution < 1.29 is 13.7 Å². The molecule has 0 radical (unpaired) electrons. The Bertz CT molecular complexity index is 2310. The van der Waals surface area contributed by atoms with Crippen molar-refractivity contribution in [2.75, 3.05) is 0 Å². The topological polar surface area (TPSA) is 36.0 Å². The minimum atomic E-state index is -0.464. The molecule has 0 saturated carbocycles. The van der Waals surface area contributed by atoms with Crippen LogP contribution in [0.5, 0.6) is 0 Å². The molecule has 1 aliphatic rings. The molecule has 41 heavy (non-hydrogen) atoms. The molecule has 4 nitrogen and oxygen atoms in total. The Balaban J connectivity index is 1.51. The second kappa shape index (κ2) is 7.70. The van der Waals surface area contributed by atoms with E-state index in [1.165, 1.54) is 27.1 Å². The summed E-state index contributed by atoms with van der Waals surface area (Å²) in [6.45, 7) is 8.45. The zero-order valence-corrected chi connectivity index (χ0v) is 23.5. The van der Waals surface area contributed by atoms with Gasteiger partial charge in [-0.25, -0.2) is 0 Å². The molecule has 8 aromatic rings. The monoisotopic (exact) mass is 533 g/mol. The quantitative estimate of drug-likeness (QED) is 0.209. The number of benzene rings is 5. The highest BCUT2D eigenvalue weighted by molar-refractivity contribution is 6.66. The largest absolute Gasteiger partial charge is 0.495 e. The number of nitrogens with zero attached hydrogens (tertiary/aromatic N) is 1. The first-order valence-corrected chi connectivity index (χ1v) is 14.3. The third-order valence-electron chi connectivity index (χ3n) is 9.60.